The van der Waals surface area contributed by atoms with Crippen LogP contribution >= 0.6 is 0 Å². The van der Waals surface area contributed by atoms with Crippen LogP contribution in [0.3, 0.4) is 0 Å². The van der Waals surface area contributed by atoms with Gasteiger partial charge in [-0.05, 0) is 36.8 Å². The number of aliphatic hydroxyl groups excluding tert-OH is 1. The van der Waals surface area contributed by atoms with Gasteiger partial charge >= 0.3 is 23.9 Å². The van der Waals surface area contributed by atoms with Gasteiger partial charge in [-0.25, -0.2) is 0 Å². The Balaban J connectivity index is 0.927. The van der Waals surface area contributed by atoms with Crippen molar-refractivity contribution in [3.63, 3.8) is 0 Å². The SMILES string of the molecule is CCC(C)C(NC(=O)COCCNC(=O)C(CCC(=O)O)NC(=O)CN1CCN(C(=O)CN2CCN(CC(=O)O)CCN(CC(=O)O)CC2)CC1)C(=O)N[C@H]1CCn2ccc3c2C(=C[C@@H](C(=O)NC2CC(=O)OC2O)C3)C1=O. The molecule has 1 aromatic rings. The number of rotatable bonds is 25. The van der Waals surface area contributed by atoms with Crippen LogP contribution in [0.5, 0.6) is 0 Å². The highest BCUT2D eigenvalue weighted by Gasteiger charge is 2.40. The minimum Gasteiger partial charge on any atom is -0.481 e. The molecule has 0 bridgehead atoms. The van der Waals surface area contributed by atoms with Gasteiger partial charge in [-0.1, -0.05) is 26.3 Å². The van der Waals surface area contributed by atoms with E-state index < -0.39 is 109 Å². The number of carbonyl (C=O) groups is 11. The van der Waals surface area contributed by atoms with Gasteiger partial charge in [-0.2, -0.15) is 0 Å². The smallest absolute Gasteiger partial charge is 0.317 e. The molecule has 0 saturated carbocycles. The normalized spacial score (nSPS) is 22.6. The molecule has 0 spiro atoms. The first-order valence-electron chi connectivity index (χ1n) is 26.4. The van der Waals surface area contributed by atoms with Crippen molar-refractivity contribution in [3.05, 3.63) is 29.6 Å². The Hall–Kier alpha value is -6.85. The van der Waals surface area contributed by atoms with Crippen molar-refractivity contribution in [2.24, 2.45) is 11.8 Å². The van der Waals surface area contributed by atoms with Gasteiger partial charge in [0, 0.05) is 96.7 Å². The molecule has 78 heavy (non-hydrogen) atoms. The first kappa shape index (κ1) is 60.4. The summed E-state index contributed by atoms with van der Waals surface area (Å²) in [6.45, 7) is 6.14. The average molecular weight is 1100 g/mol. The van der Waals surface area contributed by atoms with E-state index in [1.54, 1.807) is 32.7 Å². The predicted octanol–water partition coefficient (Wildman–Crippen LogP) is -4.50. The molecular formula is C50H73N11O17. The van der Waals surface area contributed by atoms with Gasteiger partial charge in [-0.15, -0.1) is 0 Å². The second-order valence-corrected chi connectivity index (χ2v) is 20.3. The standard InChI is InChI=1S/C50H73N11O17/c1-3-30(2)44(49(75)53-34-7-10-61-9-6-31-22-32(23-33(45(31)61)46(34)72)47(73)54-36-24-43(71)78-50(36)76)55-38(63)29-77-21-8-51-48(74)35(4-5-40(65)66)52-37(62)25-56-17-19-60(20-18-56)39(64)26-57-11-13-58(27-41(67)68)15-16-59(14-12-57)28-42(69)70/h6,9,23,30,32,34-36,44,50,76H,3-5,7-8,10-22,24-29H2,1-2H3,(H,51,74)(H,52,62)(H,53,75)(H,54,73)(H,55,63)(H,65,66)(H,67,68)(H,69,70)/t30?,32-,34-,35?,36?,44?,50?/m0/s1. The van der Waals surface area contributed by atoms with E-state index in [1.165, 1.54) is 6.08 Å². The molecular weight excluding hydrogens is 1030 g/mol. The number of Topliss-reactive ketones (excluding diaryl/α,β-unsaturated/α-hetero) is 1. The molecule has 0 aromatic carbocycles. The number of nitrogens with one attached hydrogen (secondary N) is 5. The lowest BCUT2D eigenvalue weighted by Gasteiger charge is -2.36. The molecule has 7 atom stereocenters. The zero-order valence-corrected chi connectivity index (χ0v) is 44.0. The van der Waals surface area contributed by atoms with Gasteiger partial charge in [0.1, 0.15) is 24.7 Å². The van der Waals surface area contributed by atoms with Crippen LogP contribution in [-0.2, 0) is 75.2 Å². The molecule has 4 aliphatic heterocycles. The van der Waals surface area contributed by atoms with Crippen LogP contribution in [0.4, 0.5) is 0 Å². The quantitative estimate of drug-likeness (QED) is 0.0329. The maximum atomic E-state index is 14.1. The molecule has 0 radical (unpaired) electrons. The first-order valence-corrected chi connectivity index (χ1v) is 26.4. The van der Waals surface area contributed by atoms with Crippen molar-refractivity contribution < 1.29 is 82.6 Å². The summed E-state index contributed by atoms with van der Waals surface area (Å²) in [5.74, 6) is -8.67. The van der Waals surface area contributed by atoms with Crippen molar-refractivity contribution >= 4 is 70.7 Å². The van der Waals surface area contributed by atoms with Crippen LogP contribution in [-0.4, -0.2) is 256 Å². The molecule has 430 valence electrons. The highest BCUT2D eigenvalue weighted by Crippen LogP contribution is 2.35. The van der Waals surface area contributed by atoms with Gasteiger partial charge in [0.15, 0.2) is 5.78 Å². The largest absolute Gasteiger partial charge is 0.481 e. The lowest BCUT2D eigenvalue weighted by Crippen LogP contribution is -2.55. The van der Waals surface area contributed by atoms with Gasteiger partial charge in [-0.3, -0.25) is 72.3 Å². The maximum Gasteiger partial charge on any atom is 0.317 e. The Morgan fingerprint density at radius 1 is 0.744 bits per heavy atom. The number of esters is 1. The lowest BCUT2D eigenvalue weighted by atomic mass is 9.85. The van der Waals surface area contributed by atoms with E-state index in [2.05, 4.69) is 26.6 Å². The fraction of sp³-hybridized carbons (Fsp3) is 0.660. The monoisotopic (exact) mass is 1100 g/mol. The summed E-state index contributed by atoms with van der Waals surface area (Å²) in [4.78, 5) is 149. The number of hydrogen-bond donors (Lipinski definition) is 9. The van der Waals surface area contributed by atoms with Gasteiger partial charge < -0.3 is 66.0 Å². The molecule has 3 saturated heterocycles. The van der Waals surface area contributed by atoms with Crippen molar-refractivity contribution in [3.8, 4) is 0 Å². The number of nitrogens with zero attached hydrogens (tertiary/aromatic N) is 6. The summed E-state index contributed by atoms with van der Waals surface area (Å²) >= 11 is 0. The molecule has 1 aromatic heterocycles. The van der Waals surface area contributed by atoms with Crippen LogP contribution in [0, 0.1) is 11.8 Å². The second-order valence-electron chi connectivity index (χ2n) is 20.3. The summed E-state index contributed by atoms with van der Waals surface area (Å²) in [5, 5.41) is 51.4. The van der Waals surface area contributed by atoms with Gasteiger partial charge in [0.25, 0.3) is 0 Å². The van der Waals surface area contributed by atoms with Crippen LogP contribution < -0.4 is 26.6 Å². The number of ketones is 1. The summed E-state index contributed by atoms with van der Waals surface area (Å²) in [6.07, 6.45) is 1.95. The Labute approximate surface area is 450 Å². The molecule has 6 amide bonds. The van der Waals surface area contributed by atoms with Gasteiger partial charge in [0.05, 0.1) is 56.9 Å². The minimum atomic E-state index is -1.49. The number of carboxylic acid groups (broad SMARTS) is 3. The molecule has 28 heteroatoms. The molecule has 5 unspecified atom stereocenters. The number of aliphatic hydroxyl groups is 1. The van der Waals surface area contributed by atoms with E-state index in [-0.39, 0.29) is 82.4 Å². The Kier molecular flexibility index (Phi) is 22.2. The number of carbonyl (C=O) groups excluding carboxylic acids is 8. The average Bonchev–Trinajstić information content (AvgIpc) is 4.11. The third-order valence-electron chi connectivity index (χ3n) is 14.6. The molecule has 6 rings (SSSR count). The highest BCUT2D eigenvalue weighted by molar-refractivity contribution is 6.24. The van der Waals surface area contributed by atoms with Crippen LogP contribution in [0.2, 0.25) is 0 Å². The number of piperazine rings is 1. The number of ether oxygens (including phenoxy) is 2. The van der Waals surface area contributed by atoms with Crippen molar-refractivity contribution in [1.82, 2.24) is 55.7 Å². The minimum absolute atomic E-state index is 0.0343. The first-order chi connectivity index (χ1) is 37.2. The zero-order valence-electron chi connectivity index (χ0n) is 44.0. The highest BCUT2D eigenvalue weighted by atomic mass is 16.6. The number of hydrogen-bond acceptors (Lipinski definition) is 18. The summed E-state index contributed by atoms with van der Waals surface area (Å²) in [7, 11) is 0. The van der Waals surface area contributed by atoms with E-state index in [1.807, 2.05) is 22.5 Å². The van der Waals surface area contributed by atoms with Gasteiger partial charge in [0.2, 0.25) is 41.7 Å². The van der Waals surface area contributed by atoms with E-state index in [0.29, 0.717) is 84.1 Å². The lowest BCUT2D eigenvalue weighted by molar-refractivity contribution is -0.155. The topological polar surface area (TPSA) is 368 Å². The van der Waals surface area contributed by atoms with E-state index in [0.717, 1.165) is 5.56 Å². The molecule has 5 heterocycles. The summed E-state index contributed by atoms with van der Waals surface area (Å²) < 4.78 is 12.1. The number of aromatic nitrogens is 1. The molecule has 5 aliphatic rings. The fourth-order valence-corrected chi connectivity index (χ4v) is 10.0. The van der Waals surface area contributed by atoms with E-state index in [4.69, 9.17) is 9.47 Å². The fourth-order valence-electron chi connectivity index (χ4n) is 10.0. The zero-order chi connectivity index (χ0) is 56.6. The number of amides is 6. The number of aliphatic carboxylic acids is 3. The number of carboxylic acids is 3. The Morgan fingerprint density at radius 3 is 1.95 bits per heavy atom. The number of cyclic esters (lactones) is 1. The molecule has 3 fully saturated rings. The van der Waals surface area contributed by atoms with Crippen molar-refractivity contribution in [2.75, 3.05) is 111 Å². The maximum absolute atomic E-state index is 14.1. The molecule has 1 aliphatic carbocycles. The Morgan fingerprint density at radius 2 is 1.36 bits per heavy atom. The summed E-state index contributed by atoms with van der Waals surface area (Å²) in [6, 6.07) is -2.43. The van der Waals surface area contributed by atoms with Crippen LogP contribution in [0.15, 0.2) is 18.3 Å². The molecule has 9 N–H and O–H groups in total. The third kappa shape index (κ3) is 17.6. The summed E-state index contributed by atoms with van der Waals surface area (Å²) in [5.41, 5.74) is 1.62. The van der Waals surface area contributed by atoms with Crippen LogP contribution in [0.1, 0.15) is 57.2 Å². The third-order valence-corrected chi connectivity index (χ3v) is 14.6. The van der Waals surface area contributed by atoms with E-state index in [9.17, 15) is 73.2 Å². The Bertz CT molecular complexity index is 2400. The predicted molar refractivity (Wildman–Crippen MR) is 271 cm³/mol. The van der Waals surface area contributed by atoms with Crippen molar-refractivity contribution in [2.45, 2.75) is 89.4 Å². The second kappa shape index (κ2) is 28.7. The molecule has 28 nitrogen and oxygen atoms in total. The number of aryl methyl sites for hydroxylation is 1. The van der Waals surface area contributed by atoms with Crippen LogP contribution in [0.25, 0.3) is 5.57 Å². The van der Waals surface area contributed by atoms with E-state index >= 15 is 0 Å². The van der Waals surface area contributed by atoms with Crippen molar-refractivity contribution in [1.29, 1.82) is 0 Å².